The van der Waals surface area contributed by atoms with E-state index >= 15 is 0 Å². The third kappa shape index (κ3) is 4.41. The van der Waals surface area contributed by atoms with Gasteiger partial charge in [-0.25, -0.2) is 4.98 Å². The first-order chi connectivity index (χ1) is 8.74. The van der Waals surface area contributed by atoms with Gasteiger partial charge in [-0.05, 0) is 30.3 Å². The van der Waals surface area contributed by atoms with Gasteiger partial charge in [0.2, 0.25) is 0 Å². The van der Waals surface area contributed by atoms with Crippen LogP contribution in [0.2, 0.25) is 10.0 Å². The lowest BCUT2D eigenvalue weighted by molar-refractivity contribution is 1.12. The first-order valence-corrected chi connectivity index (χ1v) is 7.22. The Balaban J connectivity index is 1.74. The first-order valence-electron chi connectivity index (χ1n) is 5.48. The van der Waals surface area contributed by atoms with E-state index in [1.165, 1.54) is 0 Å². The fraction of sp³-hybridized carbons (Fsp3) is 0.154. The molecule has 0 radical (unpaired) electrons. The molecule has 0 aliphatic heterocycles. The summed E-state index contributed by atoms with van der Waals surface area (Å²) in [4.78, 5) is 4.22. The highest BCUT2D eigenvalue weighted by atomic mass is 35.5. The molecule has 0 unspecified atom stereocenters. The lowest BCUT2D eigenvalue weighted by Gasteiger charge is -2.06. The molecule has 0 fully saturated rings. The lowest BCUT2D eigenvalue weighted by atomic mass is 10.3. The molecule has 18 heavy (non-hydrogen) atoms. The van der Waals surface area contributed by atoms with Crippen LogP contribution >= 0.6 is 35.0 Å². The van der Waals surface area contributed by atoms with Gasteiger partial charge in [-0.2, -0.15) is 0 Å². The van der Waals surface area contributed by atoms with Crippen molar-refractivity contribution in [3.8, 4) is 0 Å². The third-order valence-electron chi connectivity index (χ3n) is 2.21. The van der Waals surface area contributed by atoms with E-state index < -0.39 is 0 Å². The molecule has 1 heterocycles. The van der Waals surface area contributed by atoms with Crippen molar-refractivity contribution < 1.29 is 0 Å². The standard InChI is InChI=1S/C13H12Cl2N2S/c14-10-2-1-3-12(8-10)16-6-7-18-13-5-4-11(15)9-17-13/h1-5,8-9,16H,6-7H2. The van der Waals surface area contributed by atoms with Crippen LogP contribution in [0.1, 0.15) is 0 Å². The second kappa shape index (κ2) is 6.88. The quantitative estimate of drug-likeness (QED) is 0.645. The van der Waals surface area contributed by atoms with Gasteiger partial charge in [-0.1, -0.05) is 29.3 Å². The summed E-state index contributed by atoms with van der Waals surface area (Å²) in [5.41, 5.74) is 1.03. The molecule has 0 spiro atoms. The van der Waals surface area contributed by atoms with Crippen molar-refractivity contribution in [3.63, 3.8) is 0 Å². The number of aromatic nitrogens is 1. The zero-order chi connectivity index (χ0) is 12.8. The van der Waals surface area contributed by atoms with Crippen molar-refractivity contribution in [2.45, 2.75) is 5.03 Å². The normalized spacial score (nSPS) is 10.3. The molecule has 1 N–H and O–H groups in total. The number of pyridine rings is 1. The number of hydrogen-bond donors (Lipinski definition) is 1. The minimum absolute atomic E-state index is 0.663. The van der Waals surface area contributed by atoms with E-state index in [1.54, 1.807) is 18.0 Å². The van der Waals surface area contributed by atoms with Gasteiger partial charge >= 0.3 is 0 Å². The lowest BCUT2D eigenvalue weighted by Crippen LogP contribution is -2.03. The van der Waals surface area contributed by atoms with Crippen LogP contribution in [0.4, 0.5) is 5.69 Å². The minimum atomic E-state index is 0.663. The maximum atomic E-state index is 5.90. The Kier molecular flexibility index (Phi) is 5.17. The highest BCUT2D eigenvalue weighted by Gasteiger charge is 1.97. The van der Waals surface area contributed by atoms with Crippen molar-refractivity contribution in [1.82, 2.24) is 4.98 Å². The fourth-order valence-corrected chi connectivity index (χ4v) is 2.40. The fourth-order valence-electron chi connectivity index (χ4n) is 1.40. The molecule has 0 aliphatic rings. The molecule has 0 saturated heterocycles. The van der Waals surface area contributed by atoms with E-state index in [2.05, 4.69) is 10.3 Å². The molecule has 0 amide bonds. The highest BCUT2D eigenvalue weighted by Crippen LogP contribution is 2.18. The van der Waals surface area contributed by atoms with Crippen LogP contribution in [-0.2, 0) is 0 Å². The van der Waals surface area contributed by atoms with Crippen LogP contribution in [-0.4, -0.2) is 17.3 Å². The summed E-state index contributed by atoms with van der Waals surface area (Å²) >= 11 is 13.4. The number of nitrogens with zero attached hydrogens (tertiary/aromatic N) is 1. The van der Waals surface area contributed by atoms with E-state index in [4.69, 9.17) is 23.2 Å². The second-order valence-corrected chi connectivity index (χ2v) is 5.59. The summed E-state index contributed by atoms with van der Waals surface area (Å²) in [6, 6.07) is 11.5. The van der Waals surface area contributed by atoms with Gasteiger partial charge in [0.25, 0.3) is 0 Å². The number of hydrogen-bond acceptors (Lipinski definition) is 3. The van der Waals surface area contributed by atoms with Crippen LogP contribution in [0.25, 0.3) is 0 Å². The molecular formula is C13H12Cl2N2S. The Morgan fingerprint density at radius 2 is 2.00 bits per heavy atom. The van der Waals surface area contributed by atoms with Gasteiger partial charge in [0.1, 0.15) is 0 Å². The smallest absolute Gasteiger partial charge is 0.0961 e. The average Bonchev–Trinajstić information content (AvgIpc) is 2.37. The van der Waals surface area contributed by atoms with E-state index in [9.17, 15) is 0 Å². The van der Waals surface area contributed by atoms with E-state index in [1.807, 2.05) is 36.4 Å². The summed E-state index contributed by atoms with van der Waals surface area (Å²) in [7, 11) is 0. The monoisotopic (exact) mass is 298 g/mol. The molecule has 0 bridgehead atoms. The highest BCUT2D eigenvalue weighted by molar-refractivity contribution is 7.99. The minimum Gasteiger partial charge on any atom is -0.384 e. The second-order valence-electron chi connectivity index (χ2n) is 3.60. The van der Waals surface area contributed by atoms with Gasteiger partial charge < -0.3 is 5.32 Å². The Labute approximate surface area is 121 Å². The molecule has 5 heteroatoms. The van der Waals surface area contributed by atoms with Gasteiger partial charge in [0.05, 0.1) is 10.0 Å². The molecule has 94 valence electrons. The number of anilines is 1. The predicted octanol–water partition coefficient (Wildman–Crippen LogP) is 4.59. The summed E-state index contributed by atoms with van der Waals surface area (Å²) in [6.07, 6.45) is 1.66. The number of nitrogens with one attached hydrogen (secondary N) is 1. The van der Waals surface area contributed by atoms with Crippen molar-refractivity contribution >= 4 is 40.7 Å². The van der Waals surface area contributed by atoms with Crippen molar-refractivity contribution in [2.24, 2.45) is 0 Å². The summed E-state index contributed by atoms with van der Waals surface area (Å²) in [5.74, 6) is 0.932. The van der Waals surface area contributed by atoms with E-state index in [-0.39, 0.29) is 0 Å². The zero-order valence-corrected chi connectivity index (χ0v) is 11.9. The van der Waals surface area contributed by atoms with Crippen LogP contribution in [0.5, 0.6) is 0 Å². The predicted molar refractivity (Wildman–Crippen MR) is 79.9 cm³/mol. The van der Waals surface area contributed by atoms with E-state index in [0.717, 1.165) is 28.0 Å². The topological polar surface area (TPSA) is 24.9 Å². The van der Waals surface area contributed by atoms with Crippen molar-refractivity contribution in [2.75, 3.05) is 17.6 Å². The van der Waals surface area contributed by atoms with Gasteiger partial charge in [0.15, 0.2) is 0 Å². The van der Waals surface area contributed by atoms with Crippen LogP contribution < -0.4 is 5.32 Å². The molecule has 0 saturated carbocycles. The number of benzene rings is 1. The van der Waals surface area contributed by atoms with Crippen LogP contribution in [0.15, 0.2) is 47.6 Å². The molecule has 1 aromatic heterocycles. The Bertz CT molecular complexity index is 503. The largest absolute Gasteiger partial charge is 0.384 e. The molecule has 1 aromatic carbocycles. The number of halogens is 2. The van der Waals surface area contributed by atoms with Crippen LogP contribution in [0, 0.1) is 0 Å². The van der Waals surface area contributed by atoms with E-state index in [0.29, 0.717) is 5.02 Å². The maximum absolute atomic E-state index is 5.90. The Morgan fingerprint density at radius 3 is 2.72 bits per heavy atom. The molecule has 2 rings (SSSR count). The molecular weight excluding hydrogens is 287 g/mol. The summed E-state index contributed by atoms with van der Waals surface area (Å²) in [6.45, 7) is 0.856. The van der Waals surface area contributed by atoms with Gasteiger partial charge in [-0.3, -0.25) is 0 Å². The first kappa shape index (κ1) is 13.5. The summed E-state index contributed by atoms with van der Waals surface area (Å²) in [5, 5.41) is 5.69. The van der Waals surface area contributed by atoms with Gasteiger partial charge in [-0.15, -0.1) is 11.8 Å². The maximum Gasteiger partial charge on any atom is 0.0961 e. The van der Waals surface area contributed by atoms with Crippen LogP contribution in [0.3, 0.4) is 0 Å². The van der Waals surface area contributed by atoms with Crippen molar-refractivity contribution in [1.29, 1.82) is 0 Å². The zero-order valence-electron chi connectivity index (χ0n) is 9.57. The molecule has 0 atom stereocenters. The molecule has 2 nitrogen and oxygen atoms in total. The van der Waals surface area contributed by atoms with Gasteiger partial charge in [0, 0.05) is 29.2 Å². The molecule has 0 aliphatic carbocycles. The average molecular weight is 299 g/mol. The number of rotatable bonds is 5. The summed E-state index contributed by atoms with van der Waals surface area (Å²) < 4.78 is 0. The van der Waals surface area contributed by atoms with Crippen molar-refractivity contribution in [3.05, 3.63) is 52.6 Å². The Morgan fingerprint density at radius 1 is 1.11 bits per heavy atom. The number of thioether (sulfide) groups is 1. The third-order valence-corrected chi connectivity index (χ3v) is 3.61. The Hall–Kier alpha value is -0.900. The SMILES string of the molecule is Clc1ccc(SCCNc2cccc(Cl)c2)nc1. The molecule has 2 aromatic rings.